The van der Waals surface area contributed by atoms with Gasteiger partial charge in [0.25, 0.3) is 0 Å². The zero-order valence-electron chi connectivity index (χ0n) is 26.0. The fourth-order valence-corrected chi connectivity index (χ4v) is 8.11. The number of nitrogens with one attached hydrogen (secondary N) is 3. The molecule has 6 rings (SSSR count). The van der Waals surface area contributed by atoms with Crippen molar-refractivity contribution in [1.29, 1.82) is 0 Å². The fourth-order valence-electron chi connectivity index (χ4n) is 7.07. The van der Waals surface area contributed by atoms with Gasteiger partial charge in [0.1, 0.15) is 11.0 Å². The van der Waals surface area contributed by atoms with Crippen LogP contribution in [-0.4, -0.2) is 108 Å². The van der Waals surface area contributed by atoms with E-state index in [1.807, 2.05) is 11.4 Å². The second kappa shape index (κ2) is 14.1. The van der Waals surface area contributed by atoms with Crippen LogP contribution < -0.4 is 21.7 Å². The first kappa shape index (κ1) is 33.6. The molecule has 5 amide bonds. The predicted octanol–water partition coefficient (Wildman–Crippen LogP) is 4.03. The van der Waals surface area contributed by atoms with Crippen LogP contribution in [0, 0.1) is 0 Å². The van der Waals surface area contributed by atoms with Crippen molar-refractivity contribution < 1.29 is 27.6 Å². The SMILES string of the molecule is Nc1c(Cl)cc(C[C@@H](NC(=O)N2CCC(N3Cc4ccsc4NC3=O)CC2)C(=O)N2CCN(C3CCNCC3)CC2)cc1C(F)(F)F. The summed E-state index contributed by atoms with van der Waals surface area (Å²) in [6.07, 6.45) is -1.73. The number of urea groups is 2. The Kier molecular flexibility index (Phi) is 10.1. The molecule has 16 heteroatoms. The Hall–Kier alpha value is -3.27. The molecule has 5 N–H and O–H groups in total. The minimum atomic E-state index is -4.74. The van der Waals surface area contributed by atoms with Crippen molar-refractivity contribution in [3.63, 3.8) is 0 Å². The Morgan fingerprint density at radius 1 is 1.02 bits per heavy atom. The zero-order valence-corrected chi connectivity index (χ0v) is 27.5. The van der Waals surface area contributed by atoms with Gasteiger partial charge in [0.05, 0.1) is 22.8 Å². The van der Waals surface area contributed by atoms with E-state index in [1.54, 1.807) is 14.7 Å². The number of hydrogen-bond donors (Lipinski definition) is 4. The lowest BCUT2D eigenvalue weighted by Crippen LogP contribution is -2.59. The molecular weight excluding hydrogens is 657 g/mol. The van der Waals surface area contributed by atoms with Gasteiger partial charge in [0, 0.05) is 63.3 Å². The summed E-state index contributed by atoms with van der Waals surface area (Å²) >= 11 is 7.59. The van der Waals surface area contributed by atoms with Crippen molar-refractivity contribution >= 4 is 51.6 Å². The number of amides is 5. The molecule has 1 atom stereocenters. The lowest BCUT2D eigenvalue weighted by atomic mass is 10.00. The number of likely N-dealkylation sites (tertiary alicyclic amines) is 1. The maximum absolute atomic E-state index is 13.9. The number of benzene rings is 1. The van der Waals surface area contributed by atoms with Crippen LogP contribution in [0.1, 0.15) is 42.4 Å². The van der Waals surface area contributed by atoms with Crippen molar-refractivity contribution in [3.05, 3.63) is 45.3 Å². The monoisotopic (exact) mass is 696 g/mol. The van der Waals surface area contributed by atoms with E-state index in [0.717, 1.165) is 42.6 Å². The van der Waals surface area contributed by atoms with Gasteiger partial charge in [-0.25, -0.2) is 9.59 Å². The number of anilines is 2. The van der Waals surface area contributed by atoms with Crippen LogP contribution in [0.25, 0.3) is 0 Å². The highest BCUT2D eigenvalue weighted by Gasteiger charge is 2.37. The average molecular weight is 697 g/mol. The number of fused-ring (bicyclic) bond motifs is 1. The van der Waals surface area contributed by atoms with E-state index in [-0.39, 0.29) is 35.0 Å². The molecule has 3 fully saturated rings. The quantitative estimate of drug-likeness (QED) is 0.338. The number of alkyl halides is 3. The third kappa shape index (κ3) is 7.58. The zero-order chi connectivity index (χ0) is 33.3. The normalized spacial score (nSPS) is 20.9. The molecule has 0 bridgehead atoms. The number of nitrogen functional groups attached to an aromatic ring is 1. The Bertz CT molecular complexity index is 1470. The standard InChI is InChI=1S/C31H40ClF3N8O3S/c32-24-16-19(15-23(26(24)36)31(33,34)35)17-25(28(44)41-12-10-40(11-13-41)21-1-6-37-7-2-21)38-29(45)42-8-3-22(4-9-42)43-18-20-5-14-47-27(20)39-30(43)46/h5,14-16,21-22,25,37H,1-4,6-13,17-18,36H2,(H,38,45)(H,39,46)/t25-/m1/s1. The molecule has 1 aromatic carbocycles. The van der Waals surface area contributed by atoms with Crippen LogP contribution in [0.5, 0.6) is 0 Å². The third-order valence-corrected chi connectivity index (χ3v) is 10.9. The van der Waals surface area contributed by atoms with E-state index in [9.17, 15) is 27.6 Å². The summed E-state index contributed by atoms with van der Waals surface area (Å²) in [4.78, 5) is 47.7. The first-order valence-corrected chi connectivity index (χ1v) is 17.3. The summed E-state index contributed by atoms with van der Waals surface area (Å²) < 4.78 is 41.3. The largest absolute Gasteiger partial charge is 0.418 e. The summed E-state index contributed by atoms with van der Waals surface area (Å²) in [5, 5.41) is 11.7. The smallest absolute Gasteiger partial charge is 0.397 e. The molecule has 0 aliphatic carbocycles. The van der Waals surface area contributed by atoms with E-state index in [0.29, 0.717) is 64.7 Å². The van der Waals surface area contributed by atoms with Gasteiger partial charge in [-0.15, -0.1) is 11.3 Å². The molecule has 3 saturated heterocycles. The van der Waals surface area contributed by atoms with Crippen molar-refractivity contribution in [2.45, 2.75) is 63.0 Å². The van der Waals surface area contributed by atoms with E-state index < -0.39 is 29.5 Å². The number of carbonyl (C=O) groups excluding carboxylic acids is 3. The van der Waals surface area contributed by atoms with Crippen LogP contribution in [0.4, 0.5) is 33.4 Å². The number of rotatable bonds is 6. The molecule has 4 aliphatic rings. The number of thiophene rings is 1. The summed E-state index contributed by atoms with van der Waals surface area (Å²) in [7, 11) is 0. The summed E-state index contributed by atoms with van der Waals surface area (Å²) in [5.41, 5.74) is 5.20. The van der Waals surface area contributed by atoms with Crippen LogP contribution in [0.15, 0.2) is 23.6 Å². The molecule has 11 nitrogen and oxygen atoms in total. The van der Waals surface area contributed by atoms with Crippen molar-refractivity contribution in [2.75, 3.05) is 63.4 Å². The third-order valence-electron chi connectivity index (χ3n) is 9.74. The lowest BCUT2D eigenvalue weighted by molar-refractivity contribution is -0.137. The topological polar surface area (TPSA) is 126 Å². The van der Waals surface area contributed by atoms with Crippen LogP contribution in [0.2, 0.25) is 5.02 Å². The summed E-state index contributed by atoms with van der Waals surface area (Å²) in [6.45, 7) is 5.44. The average Bonchev–Trinajstić information content (AvgIpc) is 3.52. The number of piperidine rings is 2. The van der Waals surface area contributed by atoms with E-state index in [2.05, 4.69) is 20.9 Å². The lowest BCUT2D eigenvalue weighted by Gasteiger charge is -2.42. The van der Waals surface area contributed by atoms with E-state index >= 15 is 0 Å². The minimum Gasteiger partial charge on any atom is -0.397 e. The Morgan fingerprint density at radius 3 is 2.40 bits per heavy atom. The summed E-state index contributed by atoms with van der Waals surface area (Å²) in [6, 6.07) is 2.86. The Morgan fingerprint density at radius 2 is 1.72 bits per heavy atom. The molecule has 0 spiro atoms. The molecule has 0 saturated carbocycles. The van der Waals surface area contributed by atoms with Gasteiger partial charge in [-0.3, -0.25) is 15.0 Å². The second-order valence-electron chi connectivity index (χ2n) is 12.6. The van der Waals surface area contributed by atoms with Crippen molar-refractivity contribution in [2.24, 2.45) is 0 Å². The minimum absolute atomic E-state index is 0.0570. The maximum atomic E-state index is 13.9. The van der Waals surface area contributed by atoms with E-state index in [4.69, 9.17) is 17.3 Å². The van der Waals surface area contributed by atoms with Gasteiger partial charge in [0.15, 0.2) is 0 Å². The van der Waals surface area contributed by atoms with Gasteiger partial charge in [-0.2, -0.15) is 13.2 Å². The number of carbonyl (C=O) groups is 3. The molecule has 1 aromatic heterocycles. The number of nitrogens with two attached hydrogens (primary N) is 1. The number of halogens is 4. The first-order chi connectivity index (χ1) is 22.5. The highest BCUT2D eigenvalue weighted by Crippen LogP contribution is 2.38. The molecule has 47 heavy (non-hydrogen) atoms. The molecule has 0 radical (unpaired) electrons. The second-order valence-corrected chi connectivity index (χ2v) is 14.0. The Balaban J connectivity index is 1.13. The van der Waals surface area contributed by atoms with Gasteiger partial charge < -0.3 is 31.1 Å². The molecule has 256 valence electrons. The molecule has 4 aliphatic heterocycles. The molecular formula is C31H40ClF3N8O3S. The van der Waals surface area contributed by atoms with Gasteiger partial charge >= 0.3 is 18.2 Å². The van der Waals surface area contributed by atoms with Crippen molar-refractivity contribution in [3.8, 4) is 0 Å². The number of hydrogen-bond acceptors (Lipinski definition) is 7. The van der Waals surface area contributed by atoms with Crippen LogP contribution in [0.3, 0.4) is 0 Å². The Labute approximate surface area is 280 Å². The summed E-state index contributed by atoms with van der Waals surface area (Å²) in [5.74, 6) is -0.351. The van der Waals surface area contributed by atoms with Crippen LogP contribution >= 0.6 is 22.9 Å². The molecule has 2 aromatic rings. The van der Waals surface area contributed by atoms with Crippen LogP contribution in [-0.2, 0) is 23.9 Å². The first-order valence-electron chi connectivity index (χ1n) is 16.1. The van der Waals surface area contributed by atoms with E-state index in [1.165, 1.54) is 17.4 Å². The number of piperazine rings is 1. The molecule has 0 unspecified atom stereocenters. The molecule has 5 heterocycles. The van der Waals surface area contributed by atoms with Gasteiger partial charge in [-0.05, 0) is 67.9 Å². The van der Waals surface area contributed by atoms with Gasteiger partial charge in [-0.1, -0.05) is 11.6 Å². The maximum Gasteiger partial charge on any atom is 0.418 e. The highest BCUT2D eigenvalue weighted by molar-refractivity contribution is 7.14. The number of nitrogens with zero attached hydrogens (tertiary/aromatic N) is 4. The predicted molar refractivity (Wildman–Crippen MR) is 174 cm³/mol. The van der Waals surface area contributed by atoms with Gasteiger partial charge in [0.2, 0.25) is 5.91 Å². The fraction of sp³-hybridized carbons (Fsp3) is 0.581. The van der Waals surface area contributed by atoms with Crippen molar-refractivity contribution in [1.82, 2.24) is 30.2 Å². The highest BCUT2D eigenvalue weighted by atomic mass is 35.5.